The van der Waals surface area contributed by atoms with Crippen molar-refractivity contribution in [1.29, 1.82) is 0 Å². The van der Waals surface area contributed by atoms with Crippen LogP contribution in [0.15, 0.2) is 133 Å². The summed E-state index contributed by atoms with van der Waals surface area (Å²) in [5.41, 5.74) is 7.74. The minimum Gasteiger partial charge on any atom is -0.508 e. The standard InChI is InChI=1S/C43H37NO3/c1-29-23-26-44(27-24-29)35-16-12-33(13-17-35)43(34-14-20-37(46)21-15-34)25-22-40-38-4-2-3-5-39(38)41(28-42(40)47-43)32-8-6-30(7-9-32)31-10-18-36(45)19-11-31/h2-22,25,28-29,45-46H,23-24,26-27H2,1H3. The van der Waals surface area contributed by atoms with Gasteiger partial charge in [-0.05, 0) is 106 Å². The normalized spacial score (nSPS) is 17.8. The third-order valence-electron chi connectivity index (χ3n) is 9.94. The van der Waals surface area contributed by atoms with Crippen LogP contribution < -0.4 is 9.64 Å². The van der Waals surface area contributed by atoms with Crippen LogP contribution in [0.4, 0.5) is 5.69 Å². The number of rotatable bonds is 5. The molecule has 0 amide bonds. The van der Waals surface area contributed by atoms with Crippen molar-refractivity contribution in [2.45, 2.75) is 25.4 Å². The fraction of sp³-hybridized carbons (Fsp3) is 0.163. The number of fused-ring (bicyclic) bond motifs is 3. The molecule has 2 heterocycles. The van der Waals surface area contributed by atoms with E-state index in [0.29, 0.717) is 0 Å². The number of phenols is 2. The van der Waals surface area contributed by atoms with Crippen molar-refractivity contribution in [1.82, 2.24) is 0 Å². The van der Waals surface area contributed by atoms with Crippen molar-refractivity contribution in [3.8, 4) is 39.5 Å². The number of benzene rings is 6. The highest BCUT2D eigenvalue weighted by Gasteiger charge is 2.38. The molecule has 4 nitrogen and oxygen atoms in total. The van der Waals surface area contributed by atoms with E-state index in [1.165, 1.54) is 18.5 Å². The first kappa shape index (κ1) is 29.0. The molecule has 0 aliphatic carbocycles. The first-order valence-electron chi connectivity index (χ1n) is 16.5. The first-order chi connectivity index (χ1) is 23.0. The van der Waals surface area contributed by atoms with E-state index >= 15 is 0 Å². The maximum atomic E-state index is 10.2. The molecule has 2 aliphatic heterocycles. The maximum absolute atomic E-state index is 10.2. The molecule has 4 heteroatoms. The van der Waals surface area contributed by atoms with Gasteiger partial charge in [0.05, 0.1) is 0 Å². The Kier molecular flexibility index (Phi) is 7.21. The van der Waals surface area contributed by atoms with Crippen molar-refractivity contribution < 1.29 is 14.9 Å². The van der Waals surface area contributed by atoms with Gasteiger partial charge in [0.15, 0.2) is 5.60 Å². The molecule has 2 N–H and O–H groups in total. The van der Waals surface area contributed by atoms with E-state index in [1.807, 2.05) is 24.3 Å². The third-order valence-corrected chi connectivity index (χ3v) is 9.94. The number of hydrogen-bond acceptors (Lipinski definition) is 4. The molecule has 1 atom stereocenters. The molecule has 0 aromatic heterocycles. The fourth-order valence-electron chi connectivity index (χ4n) is 7.14. The molecule has 1 fully saturated rings. The van der Waals surface area contributed by atoms with Gasteiger partial charge in [-0.1, -0.05) is 91.9 Å². The molecule has 8 rings (SSSR count). The molecule has 0 spiro atoms. The quantitative estimate of drug-likeness (QED) is 0.203. The highest BCUT2D eigenvalue weighted by atomic mass is 16.5. The summed E-state index contributed by atoms with van der Waals surface area (Å²) in [6.07, 6.45) is 6.80. The minimum atomic E-state index is -0.877. The summed E-state index contributed by atoms with van der Waals surface area (Å²) in [4.78, 5) is 2.48. The largest absolute Gasteiger partial charge is 0.508 e. The van der Waals surface area contributed by atoms with Crippen molar-refractivity contribution in [2.24, 2.45) is 5.92 Å². The molecule has 6 aromatic carbocycles. The van der Waals surface area contributed by atoms with Crippen LogP contribution in [0.25, 0.3) is 39.1 Å². The molecule has 232 valence electrons. The average Bonchev–Trinajstić information content (AvgIpc) is 3.12. The minimum absolute atomic E-state index is 0.225. The lowest BCUT2D eigenvalue weighted by Crippen LogP contribution is -2.35. The zero-order valence-corrected chi connectivity index (χ0v) is 26.4. The van der Waals surface area contributed by atoms with Gasteiger partial charge in [-0.25, -0.2) is 0 Å². The molecule has 0 radical (unpaired) electrons. The van der Waals surface area contributed by atoms with Crippen molar-refractivity contribution in [3.63, 3.8) is 0 Å². The molecule has 1 saturated heterocycles. The summed E-state index contributed by atoms with van der Waals surface area (Å²) in [5, 5.41) is 22.2. The summed E-state index contributed by atoms with van der Waals surface area (Å²) < 4.78 is 7.20. The predicted molar refractivity (Wildman–Crippen MR) is 192 cm³/mol. The number of hydrogen-bond donors (Lipinski definition) is 2. The fourth-order valence-corrected chi connectivity index (χ4v) is 7.14. The number of aromatic hydroxyl groups is 2. The summed E-state index contributed by atoms with van der Waals surface area (Å²) in [7, 11) is 0. The molecule has 6 aromatic rings. The number of nitrogens with zero attached hydrogens (tertiary/aromatic N) is 1. The topological polar surface area (TPSA) is 52.9 Å². The Morgan fingerprint density at radius 1 is 0.638 bits per heavy atom. The van der Waals surface area contributed by atoms with E-state index < -0.39 is 5.60 Å². The summed E-state index contributed by atoms with van der Waals surface area (Å²) in [6, 6.07) is 42.7. The summed E-state index contributed by atoms with van der Waals surface area (Å²) in [5.74, 6) is 2.08. The zero-order chi connectivity index (χ0) is 32.0. The Bertz CT molecular complexity index is 2070. The second kappa shape index (κ2) is 11.7. The lowest BCUT2D eigenvalue weighted by molar-refractivity contribution is 0.161. The number of ether oxygens (including phenoxy) is 1. The molecule has 0 saturated carbocycles. The molecule has 1 unspecified atom stereocenters. The van der Waals surface area contributed by atoms with E-state index in [0.717, 1.165) is 74.5 Å². The van der Waals surface area contributed by atoms with Crippen LogP contribution in [-0.4, -0.2) is 23.3 Å². The van der Waals surface area contributed by atoms with Crippen LogP contribution in [0.3, 0.4) is 0 Å². The first-order valence-corrected chi connectivity index (χ1v) is 16.5. The Balaban J connectivity index is 1.22. The Labute approximate surface area is 275 Å². The van der Waals surface area contributed by atoms with E-state index in [-0.39, 0.29) is 11.5 Å². The third kappa shape index (κ3) is 5.30. The average molecular weight is 616 g/mol. The lowest BCUT2D eigenvalue weighted by Gasteiger charge is -2.37. The Hall–Kier alpha value is -5.48. The van der Waals surface area contributed by atoms with Crippen LogP contribution in [0.2, 0.25) is 0 Å². The molecule has 2 aliphatic rings. The molecule has 47 heavy (non-hydrogen) atoms. The van der Waals surface area contributed by atoms with Crippen LogP contribution in [0, 0.1) is 5.92 Å². The van der Waals surface area contributed by atoms with E-state index in [9.17, 15) is 10.2 Å². The van der Waals surface area contributed by atoms with Crippen molar-refractivity contribution in [3.05, 3.63) is 150 Å². The predicted octanol–water partition coefficient (Wildman–Crippen LogP) is 10.2. The van der Waals surface area contributed by atoms with E-state index in [4.69, 9.17) is 4.74 Å². The Morgan fingerprint density at radius 3 is 1.81 bits per heavy atom. The van der Waals surface area contributed by atoms with E-state index in [1.54, 1.807) is 24.3 Å². The second-order valence-electron chi connectivity index (χ2n) is 12.9. The number of piperidine rings is 1. The SMILES string of the molecule is CC1CCN(c2ccc(C3(c4ccc(O)cc4)C=Cc4c(cc(-c5ccc(-c6ccc(O)cc6)cc5)c5ccccc45)O3)cc2)CC1. The maximum Gasteiger partial charge on any atom is 0.178 e. The lowest BCUT2D eigenvalue weighted by atomic mass is 9.82. The van der Waals surface area contributed by atoms with Gasteiger partial charge >= 0.3 is 0 Å². The van der Waals surface area contributed by atoms with Crippen LogP contribution >= 0.6 is 0 Å². The van der Waals surface area contributed by atoms with Gasteiger partial charge in [-0.3, -0.25) is 0 Å². The van der Waals surface area contributed by atoms with Crippen LogP contribution in [-0.2, 0) is 5.60 Å². The van der Waals surface area contributed by atoms with Gasteiger partial charge in [0.2, 0.25) is 0 Å². The van der Waals surface area contributed by atoms with Crippen molar-refractivity contribution >= 4 is 22.5 Å². The van der Waals surface area contributed by atoms with Crippen LogP contribution in [0.5, 0.6) is 17.2 Å². The van der Waals surface area contributed by atoms with Gasteiger partial charge in [0.1, 0.15) is 17.2 Å². The zero-order valence-electron chi connectivity index (χ0n) is 26.4. The summed E-state index contributed by atoms with van der Waals surface area (Å²) in [6.45, 7) is 4.51. The highest BCUT2D eigenvalue weighted by molar-refractivity contribution is 6.03. The number of phenolic OH excluding ortho intramolecular Hbond substituents is 2. The molecular formula is C43H37NO3. The van der Waals surface area contributed by atoms with Gasteiger partial charge in [0, 0.05) is 35.5 Å². The van der Waals surface area contributed by atoms with Gasteiger partial charge in [-0.15, -0.1) is 0 Å². The number of anilines is 1. The second-order valence-corrected chi connectivity index (χ2v) is 12.9. The van der Waals surface area contributed by atoms with Gasteiger partial charge < -0.3 is 19.8 Å². The molecular weight excluding hydrogens is 578 g/mol. The van der Waals surface area contributed by atoms with E-state index in [2.05, 4.69) is 103 Å². The molecule has 0 bridgehead atoms. The van der Waals surface area contributed by atoms with Gasteiger partial charge in [-0.2, -0.15) is 0 Å². The monoisotopic (exact) mass is 615 g/mol. The highest BCUT2D eigenvalue weighted by Crippen LogP contribution is 2.47. The Morgan fingerprint density at radius 2 is 1.17 bits per heavy atom. The van der Waals surface area contributed by atoms with Crippen molar-refractivity contribution in [2.75, 3.05) is 18.0 Å². The van der Waals surface area contributed by atoms with Gasteiger partial charge in [0.25, 0.3) is 0 Å². The van der Waals surface area contributed by atoms with Crippen LogP contribution in [0.1, 0.15) is 36.5 Å². The smallest absolute Gasteiger partial charge is 0.178 e. The summed E-state index contributed by atoms with van der Waals surface area (Å²) >= 11 is 0.